The zero-order chi connectivity index (χ0) is 20.5. The van der Waals surface area contributed by atoms with Crippen molar-refractivity contribution in [2.24, 2.45) is 10.9 Å². The number of rotatable bonds is 7. The summed E-state index contributed by atoms with van der Waals surface area (Å²) in [7, 11) is 5.76. The molecule has 3 rings (SSSR count). The molecule has 2 saturated heterocycles. The molecule has 0 radical (unpaired) electrons. The normalized spacial score (nSPS) is 21.0. The minimum absolute atomic E-state index is 0.270. The van der Waals surface area contributed by atoms with Crippen molar-refractivity contribution in [3.8, 4) is 5.75 Å². The summed E-state index contributed by atoms with van der Waals surface area (Å²) >= 11 is 0. The van der Waals surface area contributed by atoms with E-state index in [2.05, 4.69) is 44.6 Å². The predicted molar refractivity (Wildman–Crippen MR) is 118 cm³/mol. The minimum atomic E-state index is 0.270. The molecule has 29 heavy (non-hydrogen) atoms. The molecular weight excluding hydrogens is 366 g/mol. The van der Waals surface area contributed by atoms with Gasteiger partial charge in [-0.3, -0.25) is 9.89 Å². The molecule has 2 aliphatic rings. The molecule has 0 saturated carbocycles. The lowest BCUT2D eigenvalue weighted by atomic mass is 9.97. The van der Waals surface area contributed by atoms with Crippen LogP contribution in [0.4, 0.5) is 0 Å². The zero-order valence-electron chi connectivity index (χ0n) is 18.2. The van der Waals surface area contributed by atoms with Crippen LogP contribution in [-0.2, 0) is 4.74 Å². The monoisotopic (exact) mass is 403 g/mol. The second-order valence-electron chi connectivity index (χ2n) is 8.02. The first-order valence-electron chi connectivity index (χ1n) is 10.8. The van der Waals surface area contributed by atoms with Gasteiger partial charge in [-0.15, -0.1) is 0 Å². The lowest BCUT2D eigenvalue weighted by Crippen LogP contribution is -2.47. The van der Waals surface area contributed by atoms with Gasteiger partial charge >= 0.3 is 0 Å². The molecule has 0 spiro atoms. The number of morpholine rings is 1. The van der Waals surface area contributed by atoms with Gasteiger partial charge in [-0.05, 0) is 56.6 Å². The van der Waals surface area contributed by atoms with Crippen molar-refractivity contribution >= 4 is 5.96 Å². The highest BCUT2D eigenvalue weighted by atomic mass is 16.5. The summed E-state index contributed by atoms with van der Waals surface area (Å²) in [5.41, 5.74) is 1.28. The summed E-state index contributed by atoms with van der Waals surface area (Å²) in [5.74, 6) is 2.50. The average Bonchev–Trinajstić information content (AvgIpc) is 2.78. The van der Waals surface area contributed by atoms with Crippen molar-refractivity contribution < 1.29 is 9.47 Å². The van der Waals surface area contributed by atoms with Crippen molar-refractivity contribution in [3.05, 3.63) is 29.8 Å². The number of methoxy groups -OCH3 is 1. The van der Waals surface area contributed by atoms with Crippen LogP contribution in [0, 0.1) is 5.92 Å². The molecule has 2 N–H and O–H groups in total. The Kier molecular flexibility index (Phi) is 8.58. The SMILES string of the molecule is CN=C(NCC1CCN(C)CC1)NCC(c1ccc(OC)cc1)N1CCOCC1. The molecule has 1 atom stereocenters. The molecule has 7 heteroatoms. The first kappa shape index (κ1) is 21.9. The average molecular weight is 404 g/mol. The summed E-state index contributed by atoms with van der Waals surface area (Å²) in [5, 5.41) is 7.10. The molecule has 2 fully saturated rings. The number of hydrogen-bond acceptors (Lipinski definition) is 5. The summed E-state index contributed by atoms with van der Waals surface area (Å²) in [6.07, 6.45) is 2.51. The molecule has 2 aliphatic heterocycles. The van der Waals surface area contributed by atoms with E-state index in [1.807, 2.05) is 19.2 Å². The predicted octanol–water partition coefficient (Wildman–Crippen LogP) is 1.58. The van der Waals surface area contributed by atoms with E-state index in [4.69, 9.17) is 9.47 Å². The third-order valence-corrected chi connectivity index (χ3v) is 6.07. The van der Waals surface area contributed by atoms with Gasteiger partial charge in [0.25, 0.3) is 0 Å². The quantitative estimate of drug-likeness (QED) is 0.532. The maximum Gasteiger partial charge on any atom is 0.191 e. The maximum atomic E-state index is 5.56. The molecule has 7 nitrogen and oxygen atoms in total. The largest absolute Gasteiger partial charge is 0.497 e. The van der Waals surface area contributed by atoms with Gasteiger partial charge in [0.2, 0.25) is 0 Å². The molecule has 1 aromatic carbocycles. The van der Waals surface area contributed by atoms with Gasteiger partial charge in [-0.25, -0.2) is 0 Å². The number of nitrogens with one attached hydrogen (secondary N) is 2. The fraction of sp³-hybridized carbons (Fsp3) is 0.682. The Balaban J connectivity index is 1.57. The van der Waals surface area contributed by atoms with Crippen LogP contribution in [0.2, 0.25) is 0 Å². The van der Waals surface area contributed by atoms with Gasteiger partial charge in [-0.1, -0.05) is 12.1 Å². The molecule has 0 aliphatic carbocycles. The van der Waals surface area contributed by atoms with E-state index in [0.717, 1.165) is 57.0 Å². The number of ether oxygens (including phenoxy) is 2. The highest BCUT2D eigenvalue weighted by Crippen LogP contribution is 2.23. The first-order chi connectivity index (χ1) is 14.2. The fourth-order valence-corrected chi connectivity index (χ4v) is 4.09. The van der Waals surface area contributed by atoms with Gasteiger partial charge < -0.3 is 25.0 Å². The third-order valence-electron chi connectivity index (χ3n) is 6.07. The Labute approximate surface area is 175 Å². The van der Waals surface area contributed by atoms with Crippen molar-refractivity contribution in [3.63, 3.8) is 0 Å². The van der Waals surface area contributed by atoms with Crippen LogP contribution in [0.5, 0.6) is 5.75 Å². The van der Waals surface area contributed by atoms with E-state index in [-0.39, 0.29) is 6.04 Å². The van der Waals surface area contributed by atoms with E-state index in [9.17, 15) is 0 Å². The number of aliphatic imine (C=N–C) groups is 1. The highest BCUT2D eigenvalue weighted by Gasteiger charge is 2.23. The third kappa shape index (κ3) is 6.59. The van der Waals surface area contributed by atoms with Gasteiger partial charge in [-0.2, -0.15) is 0 Å². The number of piperidine rings is 1. The van der Waals surface area contributed by atoms with Crippen LogP contribution in [-0.4, -0.2) is 89.4 Å². The standard InChI is InChI=1S/C22H37N5O2/c1-23-22(24-16-18-8-10-26(2)11-9-18)25-17-21(27-12-14-29-15-13-27)19-4-6-20(28-3)7-5-19/h4-7,18,21H,8-17H2,1-3H3,(H2,23,24,25). The van der Waals surface area contributed by atoms with E-state index in [1.54, 1.807) is 7.11 Å². The summed E-state index contributed by atoms with van der Waals surface area (Å²) in [4.78, 5) is 9.34. The maximum absolute atomic E-state index is 5.56. The molecule has 0 amide bonds. The molecule has 1 unspecified atom stereocenters. The molecule has 0 bridgehead atoms. The summed E-state index contributed by atoms with van der Waals surface area (Å²) in [6, 6.07) is 8.67. The summed E-state index contributed by atoms with van der Waals surface area (Å²) in [6.45, 7) is 7.63. The van der Waals surface area contributed by atoms with Crippen LogP contribution < -0.4 is 15.4 Å². The smallest absolute Gasteiger partial charge is 0.191 e. The Morgan fingerprint density at radius 3 is 2.45 bits per heavy atom. The van der Waals surface area contributed by atoms with Gasteiger partial charge in [0.15, 0.2) is 5.96 Å². The van der Waals surface area contributed by atoms with Crippen molar-refractivity contribution in [2.45, 2.75) is 18.9 Å². The zero-order valence-corrected chi connectivity index (χ0v) is 18.2. The highest BCUT2D eigenvalue weighted by molar-refractivity contribution is 5.79. The molecule has 2 heterocycles. The van der Waals surface area contributed by atoms with E-state index < -0.39 is 0 Å². The number of likely N-dealkylation sites (tertiary alicyclic amines) is 1. The molecule has 0 aromatic heterocycles. The second kappa shape index (κ2) is 11.4. The topological polar surface area (TPSA) is 61.4 Å². The van der Waals surface area contributed by atoms with Crippen LogP contribution in [0.15, 0.2) is 29.3 Å². The minimum Gasteiger partial charge on any atom is -0.497 e. The lowest BCUT2D eigenvalue weighted by molar-refractivity contribution is 0.0170. The van der Waals surface area contributed by atoms with Crippen LogP contribution >= 0.6 is 0 Å². The lowest BCUT2D eigenvalue weighted by Gasteiger charge is -2.35. The van der Waals surface area contributed by atoms with Crippen molar-refractivity contribution in [1.82, 2.24) is 20.4 Å². The Bertz CT molecular complexity index is 623. The van der Waals surface area contributed by atoms with E-state index in [1.165, 1.54) is 31.5 Å². The Hall–Kier alpha value is -1.83. The van der Waals surface area contributed by atoms with E-state index in [0.29, 0.717) is 0 Å². The molecule has 1 aromatic rings. The van der Waals surface area contributed by atoms with Crippen molar-refractivity contribution in [2.75, 3.05) is 73.7 Å². The first-order valence-corrected chi connectivity index (χ1v) is 10.8. The van der Waals surface area contributed by atoms with Gasteiger partial charge in [0.05, 0.1) is 26.4 Å². The number of nitrogens with zero attached hydrogens (tertiary/aromatic N) is 3. The number of benzene rings is 1. The molecule has 162 valence electrons. The fourth-order valence-electron chi connectivity index (χ4n) is 4.09. The van der Waals surface area contributed by atoms with Gasteiger partial charge in [0.1, 0.15) is 5.75 Å². The number of hydrogen-bond donors (Lipinski definition) is 2. The van der Waals surface area contributed by atoms with Gasteiger partial charge in [0, 0.05) is 33.2 Å². The Morgan fingerprint density at radius 1 is 1.14 bits per heavy atom. The van der Waals surface area contributed by atoms with Crippen LogP contribution in [0.3, 0.4) is 0 Å². The second-order valence-corrected chi connectivity index (χ2v) is 8.02. The summed E-state index contributed by atoms with van der Waals surface area (Å²) < 4.78 is 10.9. The van der Waals surface area contributed by atoms with E-state index >= 15 is 0 Å². The Morgan fingerprint density at radius 2 is 1.83 bits per heavy atom. The number of guanidine groups is 1. The van der Waals surface area contributed by atoms with Crippen molar-refractivity contribution in [1.29, 1.82) is 0 Å². The van der Waals surface area contributed by atoms with Crippen LogP contribution in [0.25, 0.3) is 0 Å². The van der Waals surface area contributed by atoms with Crippen LogP contribution in [0.1, 0.15) is 24.4 Å². The molecular formula is C22H37N5O2.